The van der Waals surface area contributed by atoms with Crippen molar-refractivity contribution in [1.82, 2.24) is 19.8 Å². The van der Waals surface area contributed by atoms with Crippen molar-refractivity contribution in [2.24, 2.45) is 0 Å². The number of aryl methyl sites for hydroxylation is 1. The highest BCUT2D eigenvalue weighted by Gasteiger charge is 2.28. The van der Waals surface area contributed by atoms with Crippen LogP contribution in [0.15, 0.2) is 6.07 Å². The van der Waals surface area contributed by atoms with Gasteiger partial charge in [-0.1, -0.05) is 0 Å². The van der Waals surface area contributed by atoms with E-state index in [4.69, 9.17) is 9.47 Å². The fourth-order valence-corrected chi connectivity index (χ4v) is 2.81. The average molecular weight is 335 g/mol. The van der Waals surface area contributed by atoms with E-state index in [1.54, 1.807) is 18.1 Å². The lowest BCUT2D eigenvalue weighted by Gasteiger charge is -2.36. The third kappa shape index (κ3) is 3.50. The van der Waals surface area contributed by atoms with E-state index < -0.39 is 6.09 Å². The van der Waals surface area contributed by atoms with E-state index in [-0.39, 0.29) is 12.5 Å². The summed E-state index contributed by atoms with van der Waals surface area (Å²) in [5, 5.41) is 0. The van der Waals surface area contributed by atoms with E-state index in [0.29, 0.717) is 51.0 Å². The number of nitrogens with zero attached hydrogens (tertiary/aromatic N) is 5. The van der Waals surface area contributed by atoms with Crippen molar-refractivity contribution in [2.75, 3.05) is 57.9 Å². The largest absolute Gasteiger partial charge is 0.481 e. The Morgan fingerprint density at radius 3 is 2.62 bits per heavy atom. The Morgan fingerprint density at radius 1 is 1.25 bits per heavy atom. The van der Waals surface area contributed by atoms with Crippen molar-refractivity contribution >= 4 is 17.8 Å². The monoisotopic (exact) mass is 335 g/mol. The Hall–Kier alpha value is -2.58. The molecule has 0 saturated carbocycles. The van der Waals surface area contributed by atoms with Crippen molar-refractivity contribution < 1.29 is 19.1 Å². The van der Waals surface area contributed by atoms with E-state index in [1.807, 2.05) is 6.92 Å². The lowest BCUT2D eigenvalue weighted by molar-refractivity contribution is -0.132. The molecule has 24 heavy (non-hydrogen) atoms. The van der Waals surface area contributed by atoms with Crippen LogP contribution in [0, 0.1) is 6.92 Å². The van der Waals surface area contributed by atoms with Gasteiger partial charge in [0.25, 0.3) is 0 Å². The highest BCUT2D eigenvalue weighted by atomic mass is 16.6. The molecule has 9 nitrogen and oxygen atoms in total. The lowest BCUT2D eigenvalue weighted by Crippen LogP contribution is -2.51. The first-order valence-electron chi connectivity index (χ1n) is 7.91. The molecule has 0 atom stereocenters. The first-order valence-corrected chi connectivity index (χ1v) is 7.91. The van der Waals surface area contributed by atoms with Crippen molar-refractivity contribution in [2.45, 2.75) is 6.92 Å². The first kappa shape index (κ1) is 16.3. The Balaban J connectivity index is 1.56. The minimum atomic E-state index is -0.412. The molecule has 1 aromatic heterocycles. The average Bonchev–Trinajstić information content (AvgIpc) is 2.99. The van der Waals surface area contributed by atoms with E-state index in [1.165, 1.54) is 4.90 Å². The molecule has 2 saturated heterocycles. The number of hydrogen-bond acceptors (Lipinski definition) is 7. The van der Waals surface area contributed by atoms with Crippen LogP contribution in [0.4, 0.5) is 10.6 Å². The Labute approximate surface area is 140 Å². The SMILES string of the molecule is COc1cc(N2CCN(C(=O)CN3CCOC3=O)CC2)nc(C)n1. The van der Waals surface area contributed by atoms with E-state index in [9.17, 15) is 9.59 Å². The molecule has 0 bridgehead atoms. The molecule has 9 heteroatoms. The highest BCUT2D eigenvalue weighted by Crippen LogP contribution is 2.19. The molecule has 0 aliphatic carbocycles. The molecule has 2 aliphatic rings. The zero-order valence-corrected chi connectivity index (χ0v) is 13.9. The molecular formula is C15H21N5O4. The summed E-state index contributed by atoms with van der Waals surface area (Å²) in [6.45, 7) is 5.27. The standard InChI is InChI=1S/C15H21N5O4/c1-11-16-12(9-13(17-11)23-2)18-3-5-19(6-4-18)14(21)10-20-7-8-24-15(20)22/h9H,3-8,10H2,1-2H3. The van der Waals surface area contributed by atoms with E-state index >= 15 is 0 Å². The van der Waals surface area contributed by atoms with Gasteiger partial charge in [-0.15, -0.1) is 0 Å². The number of anilines is 1. The summed E-state index contributed by atoms with van der Waals surface area (Å²) in [7, 11) is 1.57. The maximum atomic E-state index is 12.3. The minimum Gasteiger partial charge on any atom is -0.481 e. The zero-order chi connectivity index (χ0) is 17.1. The molecular weight excluding hydrogens is 314 g/mol. The number of cyclic esters (lactones) is 1. The Bertz CT molecular complexity index is 630. The van der Waals surface area contributed by atoms with Crippen molar-refractivity contribution in [3.8, 4) is 5.88 Å². The predicted molar refractivity (Wildman–Crippen MR) is 85.0 cm³/mol. The van der Waals surface area contributed by atoms with Gasteiger partial charge in [-0.3, -0.25) is 9.69 Å². The van der Waals surface area contributed by atoms with Gasteiger partial charge in [-0.25, -0.2) is 9.78 Å². The number of aromatic nitrogens is 2. The number of methoxy groups -OCH3 is 1. The third-order valence-corrected chi connectivity index (χ3v) is 4.14. The van der Waals surface area contributed by atoms with Gasteiger partial charge in [-0.05, 0) is 6.92 Å². The Morgan fingerprint density at radius 2 is 2.00 bits per heavy atom. The van der Waals surface area contributed by atoms with Crippen LogP contribution in [0.3, 0.4) is 0 Å². The molecule has 2 aliphatic heterocycles. The number of piperazine rings is 1. The van der Waals surface area contributed by atoms with E-state index in [2.05, 4.69) is 14.9 Å². The zero-order valence-electron chi connectivity index (χ0n) is 13.9. The van der Waals surface area contributed by atoms with Gasteiger partial charge in [0, 0.05) is 32.2 Å². The number of hydrogen-bond donors (Lipinski definition) is 0. The van der Waals surface area contributed by atoms with Gasteiger partial charge in [-0.2, -0.15) is 4.98 Å². The molecule has 2 amide bonds. The number of carbonyl (C=O) groups is 2. The smallest absolute Gasteiger partial charge is 0.410 e. The summed E-state index contributed by atoms with van der Waals surface area (Å²) in [4.78, 5) is 37.7. The van der Waals surface area contributed by atoms with Crippen LogP contribution >= 0.6 is 0 Å². The van der Waals surface area contributed by atoms with Crippen LogP contribution in [0.5, 0.6) is 5.88 Å². The lowest BCUT2D eigenvalue weighted by atomic mass is 10.3. The molecule has 2 fully saturated rings. The van der Waals surface area contributed by atoms with Crippen LogP contribution in [0.25, 0.3) is 0 Å². The van der Waals surface area contributed by atoms with Gasteiger partial charge in [0.15, 0.2) is 0 Å². The summed E-state index contributed by atoms with van der Waals surface area (Å²) in [5.41, 5.74) is 0. The van der Waals surface area contributed by atoms with Gasteiger partial charge < -0.3 is 19.3 Å². The van der Waals surface area contributed by atoms with Crippen molar-refractivity contribution in [3.63, 3.8) is 0 Å². The van der Waals surface area contributed by atoms with Crippen LogP contribution < -0.4 is 9.64 Å². The summed E-state index contributed by atoms with van der Waals surface area (Å²) in [6, 6.07) is 1.80. The number of rotatable bonds is 4. The summed E-state index contributed by atoms with van der Waals surface area (Å²) in [5.74, 6) is 1.93. The first-order chi connectivity index (χ1) is 11.6. The fourth-order valence-electron chi connectivity index (χ4n) is 2.81. The molecule has 0 radical (unpaired) electrons. The molecule has 0 unspecified atom stereocenters. The van der Waals surface area contributed by atoms with Gasteiger partial charge in [0.05, 0.1) is 13.7 Å². The topological polar surface area (TPSA) is 88.1 Å². The summed E-state index contributed by atoms with van der Waals surface area (Å²) in [6.07, 6.45) is -0.412. The second-order valence-electron chi connectivity index (χ2n) is 5.72. The summed E-state index contributed by atoms with van der Waals surface area (Å²) >= 11 is 0. The second-order valence-corrected chi connectivity index (χ2v) is 5.72. The number of carbonyl (C=O) groups excluding carboxylic acids is 2. The van der Waals surface area contributed by atoms with Gasteiger partial charge in [0.2, 0.25) is 11.8 Å². The van der Waals surface area contributed by atoms with Crippen LogP contribution in [0.2, 0.25) is 0 Å². The van der Waals surface area contributed by atoms with Gasteiger partial charge >= 0.3 is 6.09 Å². The number of amides is 2. The molecule has 130 valence electrons. The van der Waals surface area contributed by atoms with Crippen LogP contribution in [-0.4, -0.2) is 84.8 Å². The maximum Gasteiger partial charge on any atom is 0.410 e. The predicted octanol–water partition coefficient (Wildman–Crippen LogP) is -0.106. The molecule has 0 N–H and O–H groups in total. The normalized spacial score (nSPS) is 17.9. The Kier molecular flexibility index (Phi) is 4.68. The second kappa shape index (κ2) is 6.90. The molecule has 3 heterocycles. The number of ether oxygens (including phenoxy) is 2. The minimum absolute atomic E-state index is 0.0510. The van der Waals surface area contributed by atoms with Gasteiger partial charge in [0.1, 0.15) is 24.8 Å². The van der Waals surface area contributed by atoms with Crippen molar-refractivity contribution in [3.05, 3.63) is 11.9 Å². The molecule has 1 aromatic rings. The van der Waals surface area contributed by atoms with Crippen LogP contribution in [-0.2, 0) is 9.53 Å². The molecule has 3 rings (SSSR count). The van der Waals surface area contributed by atoms with Crippen LogP contribution in [0.1, 0.15) is 5.82 Å². The molecule has 0 spiro atoms. The maximum absolute atomic E-state index is 12.3. The quantitative estimate of drug-likeness (QED) is 0.759. The third-order valence-electron chi connectivity index (χ3n) is 4.14. The molecule has 0 aromatic carbocycles. The fraction of sp³-hybridized carbons (Fsp3) is 0.600. The highest BCUT2D eigenvalue weighted by molar-refractivity contribution is 5.83. The van der Waals surface area contributed by atoms with Crippen molar-refractivity contribution in [1.29, 1.82) is 0 Å². The van der Waals surface area contributed by atoms with E-state index in [0.717, 1.165) is 5.82 Å². The summed E-state index contributed by atoms with van der Waals surface area (Å²) < 4.78 is 10.0.